The molecule has 0 radical (unpaired) electrons. The summed E-state index contributed by atoms with van der Waals surface area (Å²) in [5.41, 5.74) is 2.45. The smallest absolute Gasteiger partial charge is 0.274 e. The first kappa shape index (κ1) is 16.7. The molecule has 25 heavy (non-hydrogen) atoms. The maximum absolute atomic E-state index is 12.8. The topological polar surface area (TPSA) is 78.7 Å². The lowest BCUT2D eigenvalue weighted by Crippen LogP contribution is -2.22. The molecule has 0 fully saturated rings. The van der Waals surface area contributed by atoms with Crippen molar-refractivity contribution in [1.29, 1.82) is 0 Å². The molecule has 0 saturated carbocycles. The first-order chi connectivity index (χ1) is 11.9. The molecule has 3 rings (SSSR count). The van der Waals surface area contributed by atoms with E-state index in [0.717, 1.165) is 5.65 Å². The highest BCUT2D eigenvalue weighted by Crippen LogP contribution is 2.24. The highest BCUT2D eigenvalue weighted by molar-refractivity contribution is 6.05. The molecule has 8 nitrogen and oxygen atoms in total. The SMILES string of the molecule is Cc1nc2ccccn2c1C(=O)Nc1cnc(N(C)C)nc1N(C)C. The van der Waals surface area contributed by atoms with E-state index in [0.29, 0.717) is 28.8 Å². The molecule has 3 aromatic rings. The Morgan fingerprint density at radius 1 is 1.12 bits per heavy atom. The largest absolute Gasteiger partial charge is 0.361 e. The lowest BCUT2D eigenvalue weighted by molar-refractivity contribution is 0.102. The third-order valence-electron chi connectivity index (χ3n) is 3.75. The summed E-state index contributed by atoms with van der Waals surface area (Å²) < 4.78 is 1.77. The predicted molar refractivity (Wildman–Crippen MR) is 98.6 cm³/mol. The molecule has 3 aromatic heterocycles. The highest BCUT2D eigenvalue weighted by atomic mass is 16.2. The molecule has 0 atom stereocenters. The van der Waals surface area contributed by atoms with E-state index in [4.69, 9.17) is 0 Å². The predicted octanol–water partition coefficient (Wildman–Crippen LogP) is 1.82. The van der Waals surface area contributed by atoms with Crippen LogP contribution in [0.2, 0.25) is 0 Å². The molecule has 0 unspecified atom stereocenters. The summed E-state index contributed by atoms with van der Waals surface area (Å²) in [6, 6.07) is 5.62. The van der Waals surface area contributed by atoms with E-state index in [1.165, 1.54) is 0 Å². The van der Waals surface area contributed by atoms with E-state index in [1.807, 2.05) is 69.3 Å². The number of nitrogens with zero attached hydrogens (tertiary/aromatic N) is 6. The molecule has 1 N–H and O–H groups in total. The molecule has 1 amide bonds. The van der Waals surface area contributed by atoms with Crippen molar-refractivity contribution < 1.29 is 4.79 Å². The van der Waals surface area contributed by atoms with Crippen LogP contribution in [-0.4, -0.2) is 53.5 Å². The first-order valence-electron chi connectivity index (χ1n) is 7.85. The van der Waals surface area contributed by atoms with Crippen LogP contribution in [0.4, 0.5) is 17.5 Å². The number of nitrogens with one attached hydrogen (secondary N) is 1. The first-order valence-corrected chi connectivity index (χ1v) is 7.85. The van der Waals surface area contributed by atoms with Crippen LogP contribution in [0.5, 0.6) is 0 Å². The van der Waals surface area contributed by atoms with Gasteiger partial charge in [-0.3, -0.25) is 9.20 Å². The third-order valence-corrected chi connectivity index (χ3v) is 3.75. The summed E-state index contributed by atoms with van der Waals surface area (Å²) in [5.74, 6) is 0.965. The number of hydrogen-bond donors (Lipinski definition) is 1. The van der Waals surface area contributed by atoms with Gasteiger partial charge in [0.1, 0.15) is 17.0 Å². The summed E-state index contributed by atoms with van der Waals surface area (Å²) in [5, 5.41) is 2.91. The number of carbonyl (C=O) groups excluding carboxylic acids is 1. The monoisotopic (exact) mass is 339 g/mol. The molecule has 0 aliphatic rings. The second kappa shape index (κ2) is 6.39. The zero-order valence-electron chi connectivity index (χ0n) is 15.0. The quantitative estimate of drug-likeness (QED) is 0.781. The van der Waals surface area contributed by atoms with E-state index in [2.05, 4.69) is 20.3 Å². The zero-order valence-corrected chi connectivity index (χ0v) is 15.0. The van der Waals surface area contributed by atoms with Crippen LogP contribution in [0.15, 0.2) is 30.6 Å². The van der Waals surface area contributed by atoms with Crippen LogP contribution < -0.4 is 15.1 Å². The molecule has 3 heterocycles. The van der Waals surface area contributed by atoms with Gasteiger partial charge in [-0.05, 0) is 19.1 Å². The minimum atomic E-state index is -0.250. The molecular formula is C17H21N7O. The Bertz CT molecular complexity index is 930. The number of anilines is 3. The maximum atomic E-state index is 12.8. The van der Waals surface area contributed by atoms with Gasteiger partial charge in [-0.25, -0.2) is 9.97 Å². The molecule has 8 heteroatoms. The molecule has 0 aromatic carbocycles. The summed E-state index contributed by atoms with van der Waals surface area (Å²) in [6.07, 6.45) is 3.44. The molecule has 0 spiro atoms. The second-order valence-electron chi connectivity index (χ2n) is 6.12. The minimum absolute atomic E-state index is 0.250. The summed E-state index contributed by atoms with van der Waals surface area (Å²) in [6.45, 7) is 1.82. The lowest BCUT2D eigenvalue weighted by atomic mass is 10.3. The van der Waals surface area contributed by atoms with Gasteiger partial charge >= 0.3 is 0 Å². The normalized spacial score (nSPS) is 10.8. The Balaban J connectivity index is 1.99. The number of pyridine rings is 1. The van der Waals surface area contributed by atoms with Crippen LogP contribution in [0, 0.1) is 6.92 Å². The molecule has 0 bridgehead atoms. The molecule has 130 valence electrons. The van der Waals surface area contributed by atoms with Crippen LogP contribution in [0.1, 0.15) is 16.2 Å². The number of amides is 1. The fourth-order valence-corrected chi connectivity index (χ4v) is 2.58. The van der Waals surface area contributed by atoms with Gasteiger partial charge in [0.15, 0.2) is 5.82 Å². The van der Waals surface area contributed by atoms with Crippen LogP contribution in [0.3, 0.4) is 0 Å². The summed E-state index contributed by atoms with van der Waals surface area (Å²) >= 11 is 0. The van der Waals surface area contributed by atoms with E-state index < -0.39 is 0 Å². The average Bonchev–Trinajstić information content (AvgIpc) is 2.90. The fourth-order valence-electron chi connectivity index (χ4n) is 2.58. The molecular weight excluding hydrogens is 318 g/mol. The highest BCUT2D eigenvalue weighted by Gasteiger charge is 2.19. The van der Waals surface area contributed by atoms with Crippen molar-refractivity contribution in [2.24, 2.45) is 0 Å². The average molecular weight is 339 g/mol. The van der Waals surface area contributed by atoms with Gasteiger partial charge in [-0.15, -0.1) is 0 Å². The summed E-state index contributed by atoms with van der Waals surface area (Å²) in [4.78, 5) is 29.7. The van der Waals surface area contributed by atoms with Gasteiger partial charge in [-0.2, -0.15) is 4.98 Å². The van der Waals surface area contributed by atoms with E-state index in [-0.39, 0.29) is 5.91 Å². The van der Waals surface area contributed by atoms with Crippen molar-refractivity contribution in [3.05, 3.63) is 42.0 Å². The van der Waals surface area contributed by atoms with Crippen LogP contribution in [-0.2, 0) is 0 Å². The lowest BCUT2D eigenvalue weighted by Gasteiger charge is -2.19. The van der Waals surface area contributed by atoms with Gasteiger partial charge < -0.3 is 15.1 Å². The Kier molecular flexibility index (Phi) is 4.26. The Labute approximate surface area is 146 Å². The van der Waals surface area contributed by atoms with Crippen molar-refractivity contribution in [3.63, 3.8) is 0 Å². The fraction of sp³-hybridized carbons (Fsp3) is 0.294. The van der Waals surface area contributed by atoms with Crippen molar-refractivity contribution in [3.8, 4) is 0 Å². The van der Waals surface area contributed by atoms with Gasteiger partial charge in [0, 0.05) is 34.4 Å². The van der Waals surface area contributed by atoms with Crippen molar-refractivity contribution in [2.45, 2.75) is 6.92 Å². The van der Waals surface area contributed by atoms with Crippen molar-refractivity contribution >= 4 is 29.0 Å². The van der Waals surface area contributed by atoms with Crippen molar-refractivity contribution in [1.82, 2.24) is 19.4 Å². The van der Waals surface area contributed by atoms with Crippen molar-refractivity contribution in [2.75, 3.05) is 43.3 Å². The Hall–Kier alpha value is -3.16. The molecule has 0 aliphatic carbocycles. The van der Waals surface area contributed by atoms with Crippen LogP contribution >= 0.6 is 0 Å². The van der Waals surface area contributed by atoms with E-state index in [9.17, 15) is 4.79 Å². The number of fused-ring (bicyclic) bond motifs is 1. The molecule has 0 aliphatic heterocycles. The van der Waals surface area contributed by atoms with Gasteiger partial charge in [0.2, 0.25) is 5.95 Å². The molecule has 0 saturated heterocycles. The van der Waals surface area contributed by atoms with E-state index >= 15 is 0 Å². The number of carbonyl (C=O) groups is 1. The maximum Gasteiger partial charge on any atom is 0.274 e. The Morgan fingerprint density at radius 2 is 1.88 bits per heavy atom. The number of hydrogen-bond acceptors (Lipinski definition) is 6. The van der Waals surface area contributed by atoms with Gasteiger partial charge in [0.05, 0.1) is 11.9 Å². The van der Waals surface area contributed by atoms with Gasteiger partial charge in [0.25, 0.3) is 5.91 Å². The van der Waals surface area contributed by atoms with Gasteiger partial charge in [-0.1, -0.05) is 6.07 Å². The van der Waals surface area contributed by atoms with Crippen LogP contribution in [0.25, 0.3) is 5.65 Å². The summed E-state index contributed by atoms with van der Waals surface area (Å²) in [7, 11) is 7.48. The number of rotatable bonds is 4. The minimum Gasteiger partial charge on any atom is -0.361 e. The third kappa shape index (κ3) is 3.10. The van der Waals surface area contributed by atoms with E-state index in [1.54, 1.807) is 10.6 Å². The standard InChI is InChI=1S/C17H21N7O/c1-11-14(24-9-7-6-8-13(24)19-11)16(25)20-12-10-18-17(23(4)5)21-15(12)22(2)3/h6-10H,1-5H3,(H,20,25). The number of aryl methyl sites for hydroxylation is 1. The zero-order chi connectivity index (χ0) is 18.1. The number of imidazole rings is 1. The second-order valence-corrected chi connectivity index (χ2v) is 6.12. The number of aromatic nitrogens is 4. The Morgan fingerprint density at radius 3 is 2.56 bits per heavy atom.